The molecule has 0 bridgehead atoms. The van der Waals surface area contributed by atoms with E-state index in [2.05, 4.69) is 26.5 Å². The number of hydrogen-bond donors (Lipinski definition) is 2. The van der Waals surface area contributed by atoms with Crippen molar-refractivity contribution >= 4 is 33.3 Å². The van der Waals surface area contributed by atoms with Crippen molar-refractivity contribution in [1.29, 1.82) is 5.26 Å². The Balaban J connectivity index is 2.30. The highest BCUT2D eigenvalue weighted by Crippen LogP contribution is 2.14. The fraction of sp³-hybridized carbons (Fsp3) is 0. The molecular weight excluding hydrogens is 334 g/mol. The number of halogens is 1. The molecule has 0 amide bonds. The number of aliphatic carboxylic acids is 1. The molecule has 0 radical (unpaired) electrons. The van der Waals surface area contributed by atoms with Gasteiger partial charge in [0, 0.05) is 10.0 Å². The van der Waals surface area contributed by atoms with Crippen LogP contribution in [0, 0.1) is 11.3 Å². The van der Waals surface area contributed by atoms with Crippen LogP contribution >= 0.6 is 15.9 Å². The Morgan fingerprint density at radius 2 is 1.95 bits per heavy atom. The normalized spacial score (nSPS) is 10.8. The van der Waals surface area contributed by atoms with Crippen LogP contribution < -0.4 is 5.43 Å². The van der Waals surface area contributed by atoms with Gasteiger partial charge >= 0.3 is 5.97 Å². The molecule has 104 valence electrons. The summed E-state index contributed by atoms with van der Waals surface area (Å²) in [6.07, 6.45) is 0. The lowest BCUT2D eigenvalue weighted by Gasteiger charge is -2.04. The molecule has 0 aliphatic heterocycles. The van der Waals surface area contributed by atoms with Gasteiger partial charge in [0.15, 0.2) is 5.71 Å². The first-order valence-electron chi connectivity index (χ1n) is 5.93. The Morgan fingerprint density at radius 3 is 2.57 bits per heavy atom. The predicted molar refractivity (Wildman–Crippen MR) is 83.1 cm³/mol. The van der Waals surface area contributed by atoms with Crippen LogP contribution in [0.25, 0.3) is 0 Å². The molecule has 2 N–H and O–H groups in total. The Kier molecular flexibility index (Phi) is 4.69. The molecule has 0 saturated carbocycles. The molecule has 2 aromatic rings. The molecule has 0 atom stereocenters. The van der Waals surface area contributed by atoms with Gasteiger partial charge in [0.05, 0.1) is 17.3 Å². The number of nitriles is 1. The van der Waals surface area contributed by atoms with E-state index >= 15 is 0 Å². The first-order valence-corrected chi connectivity index (χ1v) is 6.72. The lowest BCUT2D eigenvalue weighted by Crippen LogP contribution is -2.16. The van der Waals surface area contributed by atoms with Crippen molar-refractivity contribution in [3.63, 3.8) is 0 Å². The molecular formula is C15H10BrN3O2. The number of hydrazone groups is 1. The number of carbonyl (C=O) groups is 1. The van der Waals surface area contributed by atoms with E-state index in [0.29, 0.717) is 16.8 Å². The van der Waals surface area contributed by atoms with Gasteiger partial charge in [-0.2, -0.15) is 10.4 Å². The minimum absolute atomic E-state index is 0.157. The van der Waals surface area contributed by atoms with E-state index in [1.165, 1.54) is 6.07 Å². The van der Waals surface area contributed by atoms with Crippen molar-refractivity contribution in [3.05, 3.63) is 64.1 Å². The standard InChI is InChI=1S/C15H10BrN3O2/c16-12-4-6-13(7-5-12)18-19-14(15(20)21)11-3-1-2-10(8-11)9-17/h1-8,18H,(H,20,21). The Morgan fingerprint density at radius 1 is 1.24 bits per heavy atom. The molecule has 0 unspecified atom stereocenters. The molecule has 0 heterocycles. The van der Waals surface area contributed by atoms with Crippen molar-refractivity contribution in [2.45, 2.75) is 0 Å². The third-order valence-electron chi connectivity index (χ3n) is 2.61. The largest absolute Gasteiger partial charge is 0.476 e. The van der Waals surface area contributed by atoms with Crippen molar-refractivity contribution in [1.82, 2.24) is 0 Å². The monoisotopic (exact) mass is 343 g/mol. The van der Waals surface area contributed by atoms with Crippen LogP contribution in [0.15, 0.2) is 58.1 Å². The molecule has 0 aromatic heterocycles. The summed E-state index contributed by atoms with van der Waals surface area (Å²) in [4.78, 5) is 11.3. The molecule has 0 aliphatic rings. The van der Waals surface area contributed by atoms with Crippen molar-refractivity contribution < 1.29 is 9.90 Å². The quantitative estimate of drug-likeness (QED) is 0.659. The average Bonchev–Trinajstić information content (AvgIpc) is 2.49. The van der Waals surface area contributed by atoms with Crippen LogP contribution in [0.3, 0.4) is 0 Å². The Bertz CT molecular complexity index is 733. The van der Waals surface area contributed by atoms with E-state index in [4.69, 9.17) is 5.26 Å². The molecule has 2 aromatic carbocycles. The topological polar surface area (TPSA) is 85.5 Å². The van der Waals surface area contributed by atoms with E-state index in [0.717, 1.165) is 4.47 Å². The van der Waals surface area contributed by atoms with Crippen molar-refractivity contribution in [3.8, 4) is 6.07 Å². The van der Waals surface area contributed by atoms with Crippen molar-refractivity contribution in [2.75, 3.05) is 5.43 Å². The lowest BCUT2D eigenvalue weighted by molar-refractivity contribution is -0.129. The van der Waals surface area contributed by atoms with Crippen LogP contribution in [-0.4, -0.2) is 16.8 Å². The number of nitrogens with zero attached hydrogens (tertiary/aromatic N) is 2. The maximum Gasteiger partial charge on any atom is 0.356 e. The number of benzene rings is 2. The van der Waals surface area contributed by atoms with Gasteiger partial charge in [-0.25, -0.2) is 4.79 Å². The van der Waals surface area contributed by atoms with E-state index in [1.54, 1.807) is 30.3 Å². The number of anilines is 1. The van der Waals surface area contributed by atoms with Gasteiger partial charge in [0.1, 0.15) is 0 Å². The number of carboxylic acid groups (broad SMARTS) is 1. The molecule has 0 saturated heterocycles. The third-order valence-corrected chi connectivity index (χ3v) is 3.14. The van der Waals surface area contributed by atoms with Crippen LogP contribution in [-0.2, 0) is 4.79 Å². The zero-order valence-electron chi connectivity index (χ0n) is 10.7. The van der Waals surface area contributed by atoms with Gasteiger partial charge in [0.25, 0.3) is 0 Å². The van der Waals surface area contributed by atoms with Gasteiger partial charge in [0.2, 0.25) is 0 Å². The summed E-state index contributed by atoms with van der Waals surface area (Å²) in [5.74, 6) is -1.17. The second-order valence-electron chi connectivity index (χ2n) is 4.08. The predicted octanol–water partition coefficient (Wildman–Crippen LogP) is 3.22. The van der Waals surface area contributed by atoms with Gasteiger partial charge in [-0.15, -0.1) is 0 Å². The summed E-state index contributed by atoms with van der Waals surface area (Å²) in [6.45, 7) is 0. The van der Waals surface area contributed by atoms with E-state index in [-0.39, 0.29) is 5.71 Å². The SMILES string of the molecule is N#Cc1cccc(C(=NNc2ccc(Br)cc2)C(=O)O)c1. The maximum absolute atomic E-state index is 11.3. The number of nitrogens with one attached hydrogen (secondary N) is 1. The van der Waals surface area contributed by atoms with Gasteiger partial charge in [-0.05, 0) is 36.4 Å². The van der Waals surface area contributed by atoms with Crippen LogP contribution in [0.2, 0.25) is 0 Å². The number of rotatable bonds is 4. The molecule has 5 nitrogen and oxygen atoms in total. The zero-order valence-corrected chi connectivity index (χ0v) is 12.3. The van der Waals surface area contributed by atoms with E-state index in [9.17, 15) is 9.90 Å². The zero-order chi connectivity index (χ0) is 15.2. The van der Waals surface area contributed by atoms with Crippen LogP contribution in [0.4, 0.5) is 5.69 Å². The molecule has 6 heteroatoms. The minimum Gasteiger partial charge on any atom is -0.476 e. The first kappa shape index (κ1) is 14.8. The number of carboxylic acids is 1. The van der Waals surface area contributed by atoms with E-state index < -0.39 is 5.97 Å². The maximum atomic E-state index is 11.3. The van der Waals surface area contributed by atoms with Gasteiger partial charge in [-0.1, -0.05) is 28.1 Å². The highest BCUT2D eigenvalue weighted by atomic mass is 79.9. The summed E-state index contributed by atoms with van der Waals surface area (Å²) in [5, 5.41) is 22.0. The third kappa shape index (κ3) is 3.91. The summed E-state index contributed by atoms with van der Waals surface area (Å²) in [6, 6.07) is 15.4. The van der Waals surface area contributed by atoms with Gasteiger partial charge < -0.3 is 5.11 Å². The average molecular weight is 344 g/mol. The molecule has 2 rings (SSSR count). The second-order valence-corrected chi connectivity index (χ2v) is 4.99. The molecule has 21 heavy (non-hydrogen) atoms. The summed E-state index contributed by atoms with van der Waals surface area (Å²) in [5.41, 5.74) is 3.94. The first-order chi connectivity index (χ1) is 10.1. The molecule has 0 aliphatic carbocycles. The number of hydrogen-bond acceptors (Lipinski definition) is 4. The van der Waals surface area contributed by atoms with Crippen LogP contribution in [0.1, 0.15) is 11.1 Å². The Labute approximate surface area is 129 Å². The van der Waals surface area contributed by atoms with Crippen molar-refractivity contribution in [2.24, 2.45) is 5.10 Å². The molecule has 0 spiro atoms. The highest BCUT2D eigenvalue weighted by Gasteiger charge is 2.13. The highest BCUT2D eigenvalue weighted by molar-refractivity contribution is 9.10. The minimum atomic E-state index is -1.17. The fourth-order valence-corrected chi connectivity index (χ4v) is 1.88. The van der Waals surface area contributed by atoms with Crippen LogP contribution in [0.5, 0.6) is 0 Å². The molecule has 0 fully saturated rings. The van der Waals surface area contributed by atoms with E-state index in [1.807, 2.05) is 18.2 Å². The second kappa shape index (κ2) is 6.68. The summed E-state index contributed by atoms with van der Waals surface area (Å²) < 4.78 is 0.914. The smallest absolute Gasteiger partial charge is 0.356 e. The van der Waals surface area contributed by atoms with Gasteiger partial charge in [-0.3, -0.25) is 5.43 Å². The fourth-order valence-electron chi connectivity index (χ4n) is 1.62. The Hall–Kier alpha value is -2.65. The summed E-state index contributed by atoms with van der Waals surface area (Å²) >= 11 is 3.31. The lowest BCUT2D eigenvalue weighted by atomic mass is 10.1. The summed E-state index contributed by atoms with van der Waals surface area (Å²) in [7, 11) is 0.